The van der Waals surface area contributed by atoms with Crippen molar-refractivity contribution in [2.45, 2.75) is 32.7 Å². The highest BCUT2D eigenvalue weighted by Gasteiger charge is 2.30. The maximum absolute atomic E-state index is 15.7. The number of fused-ring (bicyclic) bond motifs is 2. The van der Waals surface area contributed by atoms with Crippen molar-refractivity contribution < 1.29 is 9.18 Å². The molecule has 1 aliphatic rings. The Bertz CT molecular complexity index is 1580. The van der Waals surface area contributed by atoms with Gasteiger partial charge in [-0.2, -0.15) is 10.2 Å². The van der Waals surface area contributed by atoms with Crippen LogP contribution in [-0.2, 0) is 4.79 Å². The first-order chi connectivity index (χ1) is 16.4. The second-order valence-electron chi connectivity index (χ2n) is 8.62. The van der Waals surface area contributed by atoms with Gasteiger partial charge in [-0.05, 0) is 32.8 Å². The largest absolute Gasteiger partial charge is 0.309 e. The Labute approximate surface area is 198 Å². The lowest BCUT2D eigenvalue weighted by Gasteiger charge is -2.18. The predicted molar refractivity (Wildman–Crippen MR) is 125 cm³/mol. The van der Waals surface area contributed by atoms with Gasteiger partial charge in [-0.3, -0.25) is 19.6 Å². The molecule has 11 heteroatoms. The van der Waals surface area contributed by atoms with Gasteiger partial charge in [-0.15, -0.1) is 0 Å². The Hall–Kier alpha value is -3.79. The Morgan fingerprint density at radius 1 is 1.32 bits per heavy atom. The predicted octanol–water partition coefficient (Wildman–Crippen LogP) is 4.53. The third-order valence-electron chi connectivity index (χ3n) is 6.18. The zero-order chi connectivity index (χ0) is 23.6. The van der Waals surface area contributed by atoms with Crippen molar-refractivity contribution in [3.63, 3.8) is 0 Å². The fraction of sp³-hybridized carbons (Fsp3) is 0.261. The van der Waals surface area contributed by atoms with Crippen molar-refractivity contribution in [2.75, 3.05) is 5.32 Å². The first-order valence-electron chi connectivity index (χ1n) is 10.9. The van der Waals surface area contributed by atoms with Gasteiger partial charge in [0, 0.05) is 34.8 Å². The van der Waals surface area contributed by atoms with Crippen LogP contribution in [0.4, 0.5) is 10.2 Å². The number of H-pyrrole nitrogens is 1. The number of nitrogens with zero attached hydrogens (tertiary/aromatic N) is 6. The normalized spacial score (nSPS) is 14.7. The Morgan fingerprint density at radius 3 is 2.88 bits per heavy atom. The Morgan fingerprint density at radius 2 is 2.15 bits per heavy atom. The fourth-order valence-corrected chi connectivity index (χ4v) is 4.52. The summed E-state index contributed by atoms with van der Waals surface area (Å²) in [5.74, 6) is -0.0700. The summed E-state index contributed by atoms with van der Waals surface area (Å²) in [7, 11) is 0. The molecule has 34 heavy (non-hydrogen) atoms. The number of carbonyl (C=O) groups is 1. The summed E-state index contributed by atoms with van der Waals surface area (Å²) in [5, 5.41) is 14.9. The maximum Gasteiger partial charge on any atom is 0.228 e. The molecule has 172 valence electrons. The number of aryl methyl sites for hydroxylation is 1. The number of halogens is 2. The van der Waals surface area contributed by atoms with Crippen LogP contribution >= 0.6 is 11.6 Å². The minimum absolute atomic E-state index is 0.0288. The third kappa shape index (κ3) is 3.33. The number of anilines is 1. The molecule has 0 aliphatic heterocycles. The van der Waals surface area contributed by atoms with E-state index in [2.05, 4.69) is 30.6 Å². The molecule has 1 amide bonds. The van der Waals surface area contributed by atoms with E-state index in [4.69, 9.17) is 11.6 Å². The monoisotopic (exact) mass is 478 g/mol. The lowest BCUT2D eigenvalue weighted by molar-refractivity contribution is -0.117. The molecule has 6 rings (SSSR count). The Kier molecular flexibility index (Phi) is 4.66. The van der Waals surface area contributed by atoms with E-state index in [0.717, 1.165) is 18.5 Å². The number of rotatable bonds is 5. The molecular weight excluding hydrogens is 459 g/mol. The Balaban J connectivity index is 1.45. The average Bonchev–Trinajstić information content (AvgIpc) is 3.19. The first-order valence-corrected chi connectivity index (χ1v) is 11.3. The van der Waals surface area contributed by atoms with Gasteiger partial charge in [0.05, 0.1) is 46.6 Å². The molecule has 0 bridgehead atoms. The van der Waals surface area contributed by atoms with Crippen LogP contribution < -0.4 is 5.32 Å². The molecule has 9 nitrogen and oxygen atoms in total. The van der Waals surface area contributed by atoms with Crippen LogP contribution in [0.3, 0.4) is 0 Å². The molecule has 1 aliphatic carbocycles. The average molecular weight is 479 g/mol. The summed E-state index contributed by atoms with van der Waals surface area (Å²) in [4.78, 5) is 21.0. The summed E-state index contributed by atoms with van der Waals surface area (Å²) in [6.45, 7) is 3.73. The summed E-state index contributed by atoms with van der Waals surface area (Å²) in [6.07, 6.45) is 10.2. The van der Waals surface area contributed by atoms with E-state index in [1.165, 1.54) is 0 Å². The topological polar surface area (TPSA) is 106 Å². The third-order valence-corrected chi connectivity index (χ3v) is 6.53. The lowest BCUT2D eigenvalue weighted by Crippen LogP contribution is -2.13. The van der Waals surface area contributed by atoms with Gasteiger partial charge < -0.3 is 9.72 Å². The van der Waals surface area contributed by atoms with Crippen LogP contribution in [0.25, 0.3) is 27.8 Å². The van der Waals surface area contributed by atoms with Crippen molar-refractivity contribution >= 4 is 39.9 Å². The van der Waals surface area contributed by atoms with Crippen molar-refractivity contribution in [1.82, 2.24) is 34.3 Å². The number of nitrogens with one attached hydrogen (secondary N) is 2. The van der Waals surface area contributed by atoms with Gasteiger partial charge in [-0.25, -0.2) is 9.37 Å². The molecule has 0 spiro atoms. The number of imidazole rings is 1. The van der Waals surface area contributed by atoms with Gasteiger partial charge >= 0.3 is 0 Å². The smallest absolute Gasteiger partial charge is 0.228 e. The molecule has 5 aromatic rings. The molecule has 1 atom stereocenters. The highest BCUT2D eigenvalue weighted by molar-refractivity contribution is 6.35. The zero-order valence-corrected chi connectivity index (χ0v) is 19.1. The van der Waals surface area contributed by atoms with Gasteiger partial charge in [0.25, 0.3) is 0 Å². The van der Waals surface area contributed by atoms with Crippen molar-refractivity contribution in [1.29, 1.82) is 0 Å². The van der Waals surface area contributed by atoms with Gasteiger partial charge in [0.2, 0.25) is 5.91 Å². The fourth-order valence-electron chi connectivity index (χ4n) is 4.22. The maximum atomic E-state index is 15.7. The molecule has 1 saturated carbocycles. The summed E-state index contributed by atoms with van der Waals surface area (Å²) in [5.41, 5.74) is 3.17. The summed E-state index contributed by atoms with van der Waals surface area (Å²) < 4.78 is 19.1. The number of aromatic nitrogens is 7. The molecule has 4 heterocycles. The number of benzene rings is 1. The first kappa shape index (κ1) is 20.8. The van der Waals surface area contributed by atoms with E-state index in [0.29, 0.717) is 39.2 Å². The van der Waals surface area contributed by atoms with E-state index < -0.39 is 11.9 Å². The van der Waals surface area contributed by atoms with Crippen LogP contribution in [0.5, 0.6) is 0 Å². The summed E-state index contributed by atoms with van der Waals surface area (Å²) in [6, 6.07) is 1.45. The van der Waals surface area contributed by atoms with Gasteiger partial charge in [0.15, 0.2) is 11.5 Å². The van der Waals surface area contributed by atoms with E-state index in [-0.39, 0.29) is 16.8 Å². The standard InChI is InChI=1S/C23H20ClFN8O/c1-11-5-6-33(31-11)12(2)18-21(25)20(24)19(14-7-27-30-22(14)18)15-9-32-10-16(28-17(32)8-26-15)29-23(34)13-3-4-13/h5-10,12-13H,3-4H2,1-2H3,(H,27,30)(H,29,34). The van der Waals surface area contributed by atoms with E-state index in [9.17, 15) is 4.79 Å². The minimum atomic E-state index is -0.556. The van der Waals surface area contributed by atoms with E-state index in [1.54, 1.807) is 40.1 Å². The van der Waals surface area contributed by atoms with Crippen LogP contribution in [0.2, 0.25) is 5.02 Å². The second-order valence-corrected chi connectivity index (χ2v) is 8.99. The lowest BCUT2D eigenvalue weighted by atomic mass is 9.98. The molecule has 4 aromatic heterocycles. The number of hydrogen-bond acceptors (Lipinski definition) is 5. The summed E-state index contributed by atoms with van der Waals surface area (Å²) >= 11 is 6.60. The van der Waals surface area contributed by atoms with Crippen molar-refractivity contribution in [2.24, 2.45) is 5.92 Å². The second kappa shape index (κ2) is 7.63. The van der Waals surface area contributed by atoms with Crippen LogP contribution in [-0.4, -0.2) is 40.3 Å². The molecule has 1 fully saturated rings. The molecular formula is C23H20ClFN8O. The van der Waals surface area contributed by atoms with E-state index in [1.807, 2.05) is 19.9 Å². The number of carbonyl (C=O) groups excluding carboxylic acids is 1. The molecule has 1 unspecified atom stereocenters. The van der Waals surface area contributed by atoms with Gasteiger partial charge in [0.1, 0.15) is 5.82 Å². The molecule has 0 radical (unpaired) electrons. The van der Waals surface area contributed by atoms with E-state index >= 15 is 4.39 Å². The molecule has 0 saturated heterocycles. The quantitative estimate of drug-likeness (QED) is 0.386. The highest BCUT2D eigenvalue weighted by Crippen LogP contribution is 2.41. The SMILES string of the molecule is Cc1ccn(C(C)c2c(F)c(Cl)c(-c3cn4cc(NC(=O)C5CC5)nc4cn3)c3cn[nH]c23)n1. The number of hydrogen-bond donors (Lipinski definition) is 2. The highest BCUT2D eigenvalue weighted by atomic mass is 35.5. The van der Waals surface area contributed by atoms with Crippen molar-refractivity contribution in [3.05, 3.63) is 59.1 Å². The number of amides is 1. The zero-order valence-electron chi connectivity index (χ0n) is 18.4. The molecule has 1 aromatic carbocycles. The molecule has 2 N–H and O–H groups in total. The van der Waals surface area contributed by atoms with Crippen LogP contribution in [0, 0.1) is 18.7 Å². The minimum Gasteiger partial charge on any atom is -0.309 e. The van der Waals surface area contributed by atoms with Crippen molar-refractivity contribution in [3.8, 4) is 11.3 Å². The van der Waals surface area contributed by atoms with Crippen LogP contribution in [0.15, 0.2) is 37.1 Å². The number of aromatic amines is 1. The van der Waals surface area contributed by atoms with Gasteiger partial charge in [-0.1, -0.05) is 11.6 Å². The van der Waals surface area contributed by atoms with Crippen LogP contribution in [0.1, 0.15) is 37.1 Å².